The highest BCUT2D eigenvalue weighted by atomic mass is 16.4. The highest BCUT2D eigenvalue weighted by Crippen LogP contribution is 2.50. The van der Waals surface area contributed by atoms with E-state index < -0.39 is 0 Å². The molecule has 0 saturated carbocycles. The van der Waals surface area contributed by atoms with Gasteiger partial charge in [0.05, 0.1) is 11.4 Å². The zero-order valence-electron chi connectivity index (χ0n) is 40.4. The first-order valence-electron chi connectivity index (χ1n) is 23.7. The molecule has 5 heterocycles. The zero-order chi connectivity index (χ0) is 46.4. The number of benzene rings is 7. The van der Waals surface area contributed by atoms with Crippen molar-refractivity contribution in [2.45, 2.75) is 87.0 Å². The van der Waals surface area contributed by atoms with Gasteiger partial charge in [-0.3, -0.25) is 4.90 Å². The van der Waals surface area contributed by atoms with Crippen molar-refractivity contribution in [1.29, 1.82) is 0 Å². The second-order valence-corrected chi connectivity index (χ2v) is 21.3. The largest absolute Gasteiger partial charge is 0.456 e. The molecule has 3 aromatic heterocycles. The van der Waals surface area contributed by atoms with Crippen LogP contribution in [0.3, 0.4) is 0 Å². The summed E-state index contributed by atoms with van der Waals surface area (Å²) < 4.78 is 20.3. The van der Waals surface area contributed by atoms with Gasteiger partial charge < -0.3 is 18.2 Å². The molecule has 0 amide bonds. The Kier molecular flexibility index (Phi) is 8.88. The van der Waals surface area contributed by atoms with Crippen LogP contribution in [-0.2, 0) is 10.8 Å². The summed E-state index contributed by atoms with van der Waals surface area (Å²) in [6.07, 6.45) is 0. The van der Waals surface area contributed by atoms with Crippen molar-refractivity contribution in [2.24, 2.45) is 0 Å². The van der Waals surface area contributed by atoms with Crippen molar-refractivity contribution in [3.05, 3.63) is 172 Å². The molecule has 0 aliphatic carbocycles. The Morgan fingerprint density at radius 2 is 0.985 bits per heavy atom. The molecule has 5 nitrogen and oxygen atoms in total. The second kappa shape index (κ2) is 14.4. The lowest BCUT2D eigenvalue weighted by molar-refractivity contribution is 0.589. The maximum absolute atomic E-state index is 7.30. The van der Waals surface area contributed by atoms with Gasteiger partial charge in [-0.2, -0.15) is 0 Å². The molecule has 0 bridgehead atoms. The number of hydrogen-bond acceptors (Lipinski definition) is 5. The molecule has 0 N–H and O–H groups in total. The molecule has 2 aliphatic rings. The molecule has 0 unspecified atom stereocenters. The van der Waals surface area contributed by atoms with Gasteiger partial charge in [0.2, 0.25) is 5.88 Å². The summed E-state index contributed by atoms with van der Waals surface area (Å²) in [5.41, 5.74) is 22.7. The van der Waals surface area contributed by atoms with Gasteiger partial charge in [-0.1, -0.05) is 108 Å². The van der Waals surface area contributed by atoms with Crippen LogP contribution < -0.4 is 26.2 Å². The van der Waals surface area contributed by atoms with E-state index in [4.69, 9.17) is 13.3 Å². The summed E-state index contributed by atoms with van der Waals surface area (Å²) in [5, 5.41) is 3.33. The van der Waals surface area contributed by atoms with E-state index >= 15 is 0 Å². The summed E-state index contributed by atoms with van der Waals surface area (Å²) in [4.78, 5) is 5.01. The first-order valence-corrected chi connectivity index (χ1v) is 23.7. The van der Waals surface area contributed by atoms with Crippen LogP contribution >= 0.6 is 0 Å². The SMILES string of the molecule is Cc1cc2c3c(c1)N(c1c(C)cc(-c4cc5ccccc5o4)cc1C)c1oc4ccc(C(C)(C)C)cc4c1B3c1ccc(-c3cc4ccccc4o3)cc1N2c1c(C)cc(C(C)(C)C)cc1C. The Bertz CT molecular complexity index is 3590. The Hall–Kier alpha value is -7.18. The molecule has 0 spiro atoms. The first-order chi connectivity index (χ1) is 32.0. The summed E-state index contributed by atoms with van der Waals surface area (Å²) in [7, 11) is 0. The molecule has 7 aromatic carbocycles. The van der Waals surface area contributed by atoms with Crippen LogP contribution in [0.4, 0.5) is 34.3 Å². The normalized spacial score (nSPS) is 13.5. The first kappa shape index (κ1) is 41.3. The fourth-order valence-corrected chi connectivity index (χ4v) is 11.2. The van der Waals surface area contributed by atoms with Crippen LogP contribution in [-0.4, -0.2) is 6.71 Å². The molecule has 67 heavy (non-hydrogen) atoms. The number of aryl methyl sites for hydroxylation is 5. The molecule has 12 rings (SSSR count). The van der Waals surface area contributed by atoms with Gasteiger partial charge >= 0.3 is 0 Å². The minimum absolute atomic E-state index is 0.00324. The van der Waals surface area contributed by atoms with E-state index in [1.165, 1.54) is 55.6 Å². The third-order valence-electron chi connectivity index (χ3n) is 14.4. The molecule has 10 aromatic rings. The van der Waals surface area contributed by atoms with Crippen molar-refractivity contribution in [1.82, 2.24) is 0 Å². The van der Waals surface area contributed by atoms with Crippen LogP contribution in [0.5, 0.6) is 0 Å². The average Bonchev–Trinajstić information content (AvgIpc) is 4.02. The lowest BCUT2D eigenvalue weighted by atomic mass is 9.33. The summed E-state index contributed by atoms with van der Waals surface area (Å²) >= 11 is 0. The standard InChI is InChI=1S/C61H55BN2O3/c1-34-24-48-56-49(25-34)64(58-35(2)26-42(27-36(58)3)54-32-40-17-13-15-19-51(40)66-54)59-55(45-33-43(60(6,7)8)21-23-52(45)67-59)62(56)46-22-20-41(53-31-39-16-12-14-18-50(39)65-53)30-47(46)63(48)57-37(4)28-44(29-38(57)5)61(9,10)11/h12-33H,1-11H3. The Morgan fingerprint density at radius 3 is 1.58 bits per heavy atom. The summed E-state index contributed by atoms with van der Waals surface area (Å²) in [5.74, 6) is 2.58. The monoisotopic (exact) mass is 874 g/mol. The zero-order valence-corrected chi connectivity index (χ0v) is 40.4. The van der Waals surface area contributed by atoms with Gasteiger partial charge in [-0.05, 0) is 162 Å². The maximum Gasteiger partial charge on any atom is 0.257 e. The number of rotatable bonds is 4. The van der Waals surface area contributed by atoms with Crippen molar-refractivity contribution in [3.8, 4) is 22.6 Å². The van der Waals surface area contributed by atoms with Gasteiger partial charge in [-0.25, -0.2) is 0 Å². The Balaban J connectivity index is 1.16. The lowest BCUT2D eigenvalue weighted by Crippen LogP contribution is -2.61. The summed E-state index contributed by atoms with van der Waals surface area (Å²) in [6, 6.07) is 48.8. The molecule has 2 aliphatic heterocycles. The van der Waals surface area contributed by atoms with Crippen LogP contribution in [0, 0.1) is 34.6 Å². The smallest absolute Gasteiger partial charge is 0.257 e. The molecule has 6 heteroatoms. The fraction of sp³-hybridized carbons (Fsp3) is 0.213. The van der Waals surface area contributed by atoms with Gasteiger partial charge in [0.25, 0.3) is 6.71 Å². The quantitative estimate of drug-likeness (QED) is 0.165. The highest BCUT2D eigenvalue weighted by molar-refractivity contribution is 7.01. The number of para-hydroxylation sites is 2. The molecule has 330 valence electrons. The van der Waals surface area contributed by atoms with E-state index in [1.807, 2.05) is 18.2 Å². The third kappa shape index (κ3) is 6.36. The van der Waals surface area contributed by atoms with E-state index in [2.05, 4.69) is 201 Å². The third-order valence-corrected chi connectivity index (χ3v) is 14.4. The van der Waals surface area contributed by atoms with E-state index in [1.54, 1.807) is 0 Å². The fourth-order valence-electron chi connectivity index (χ4n) is 11.2. The minimum Gasteiger partial charge on any atom is -0.456 e. The molecule has 0 radical (unpaired) electrons. The number of hydrogen-bond donors (Lipinski definition) is 0. The molecule has 0 atom stereocenters. The van der Waals surface area contributed by atoms with Crippen LogP contribution in [0.25, 0.3) is 55.6 Å². The maximum atomic E-state index is 7.30. The van der Waals surface area contributed by atoms with Gasteiger partial charge in [0, 0.05) is 49.8 Å². The van der Waals surface area contributed by atoms with Gasteiger partial charge in [-0.15, -0.1) is 0 Å². The van der Waals surface area contributed by atoms with Crippen molar-refractivity contribution < 1.29 is 13.3 Å². The van der Waals surface area contributed by atoms with E-state index in [9.17, 15) is 0 Å². The van der Waals surface area contributed by atoms with Crippen molar-refractivity contribution in [2.75, 3.05) is 9.80 Å². The number of anilines is 6. The molecule has 0 fully saturated rings. The molecular weight excluding hydrogens is 819 g/mol. The lowest BCUT2D eigenvalue weighted by Gasteiger charge is -2.44. The van der Waals surface area contributed by atoms with Crippen molar-refractivity contribution >= 4 is 90.3 Å². The second-order valence-electron chi connectivity index (χ2n) is 21.3. The predicted molar refractivity (Wildman–Crippen MR) is 282 cm³/mol. The van der Waals surface area contributed by atoms with E-state index in [0.717, 1.165) is 89.6 Å². The Morgan fingerprint density at radius 1 is 0.433 bits per heavy atom. The predicted octanol–water partition coefficient (Wildman–Crippen LogP) is 15.5. The topological polar surface area (TPSA) is 45.9 Å². The average molecular weight is 875 g/mol. The number of fused-ring (bicyclic) bond motifs is 8. The highest BCUT2D eigenvalue weighted by Gasteiger charge is 2.47. The number of nitrogens with zero attached hydrogens (tertiary/aromatic N) is 2. The van der Waals surface area contributed by atoms with Crippen LogP contribution in [0.2, 0.25) is 0 Å². The van der Waals surface area contributed by atoms with E-state index in [-0.39, 0.29) is 17.5 Å². The van der Waals surface area contributed by atoms with Crippen LogP contribution in [0.15, 0.2) is 147 Å². The van der Waals surface area contributed by atoms with E-state index in [0.29, 0.717) is 0 Å². The minimum atomic E-state index is -0.130. The Labute approximate surface area is 393 Å². The summed E-state index contributed by atoms with van der Waals surface area (Å²) in [6.45, 7) is 24.9. The van der Waals surface area contributed by atoms with Gasteiger partial charge in [0.15, 0.2) is 0 Å². The van der Waals surface area contributed by atoms with Crippen LogP contribution in [0.1, 0.15) is 80.5 Å². The number of furan rings is 3. The van der Waals surface area contributed by atoms with Crippen molar-refractivity contribution in [3.63, 3.8) is 0 Å². The molecule has 0 saturated heterocycles. The molecular formula is C61H55BN2O3. The van der Waals surface area contributed by atoms with Gasteiger partial charge in [0.1, 0.15) is 28.3 Å².